The number of hydrogen-bond donors (Lipinski definition) is 1. The van der Waals surface area contributed by atoms with Crippen molar-refractivity contribution in [3.63, 3.8) is 0 Å². The van der Waals surface area contributed by atoms with Gasteiger partial charge in [-0.05, 0) is 37.0 Å². The minimum atomic E-state index is -0.211. The highest BCUT2D eigenvalue weighted by molar-refractivity contribution is 6.31. The van der Waals surface area contributed by atoms with E-state index in [1.165, 1.54) is 17.7 Å². The Morgan fingerprint density at radius 2 is 2.22 bits per heavy atom. The first kappa shape index (κ1) is 14.5. The molecule has 0 unspecified atom stereocenters. The second-order valence-corrected chi connectivity index (χ2v) is 6.57. The minimum Gasteiger partial charge on any atom is -0.354 e. The zero-order chi connectivity index (χ0) is 16.0. The Labute approximate surface area is 139 Å². The number of carbonyl (C=O) groups is 2. The maximum absolute atomic E-state index is 12.7. The number of amides is 3. The normalized spacial score (nSPS) is 19.3. The summed E-state index contributed by atoms with van der Waals surface area (Å²) in [6.07, 6.45) is 2.35. The molecule has 6 nitrogen and oxygen atoms in total. The van der Waals surface area contributed by atoms with Crippen molar-refractivity contribution in [2.24, 2.45) is 10.9 Å². The maximum atomic E-state index is 12.7. The number of hydrogen-bond acceptors (Lipinski definition) is 3. The summed E-state index contributed by atoms with van der Waals surface area (Å²) in [7, 11) is 0. The molecular weight excluding hydrogens is 316 g/mol. The summed E-state index contributed by atoms with van der Waals surface area (Å²) < 4.78 is 0. The van der Waals surface area contributed by atoms with Crippen molar-refractivity contribution in [2.75, 3.05) is 31.1 Å². The molecular formula is C16H17ClN4O2. The van der Waals surface area contributed by atoms with Crippen LogP contribution in [0, 0.1) is 5.92 Å². The molecule has 1 aromatic carbocycles. The molecule has 1 aliphatic carbocycles. The molecule has 7 heteroatoms. The highest BCUT2D eigenvalue weighted by atomic mass is 35.5. The highest BCUT2D eigenvalue weighted by Gasteiger charge is 2.38. The molecule has 0 spiro atoms. The van der Waals surface area contributed by atoms with Crippen LogP contribution in [0.25, 0.3) is 0 Å². The van der Waals surface area contributed by atoms with Gasteiger partial charge in [-0.3, -0.25) is 19.6 Å². The van der Waals surface area contributed by atoms with Crippen LogP contribution in [0.3, 0.4) is 0 Å². The van der Waals surface area contributed by atoms with Crippen molar-refractivity contribution in [1.82, 2.24) is 10.2 Å². The lowest BCUT2D eigenvalue weighted by atomic mass is 10.1. The Hall–Kier alpha value is -2.08. The molecule has 2 heterocycles. The van der Waals surface area contributed by atoms with Crippen molar-refractivity contribution >= 4 is 35.1 Å². The molecule has 1 N–H and O–H groups in total. The van der Waals surface area contributed by atoms with Gasteiger partial charge in [0.15, 0.2) is 0 Å². The molecule has 3 aliphatic rings. The summed E-state index contributed by atoms with van der Waals surface area (Å²) >= 11 is 6.09. The molecule has 4 rings (SSSR count). The summed E-state index contributed by atoms with van der Waals surface area (Å²) in [4.78, 5) is 32.4. The number of anilines is 1. The molecule has 1 saturated carbocycles. The van der Waals surface area contributed by atoms with E-state index in [1.54, 1.807) is 17.0 Å². The smallest absolute Gasteiger partial charge is 0.330 e. The van der Waals surface area contributed by atoms with Gasteiger partial charge < -0.3 is 5.32 Å². The molecule has 0 aromatic heterocycles. The van der Waals surface area contributed by atoms with Gasteiger partial charge in [0, 0.05) is 23.7 Å². The van der Waals surface area contributed by atoms with Crippen molar-refractivity contribution in [2.45, 2.75) is 12.8 Å². The zero-order valence-corrected chi connectivity index (χ0v) is 13.3. The molecule has 2 aliphatic heterocycles. The minimum absolute atomic E-state index is 0.00265. The second-order valence-electron chi connectivity index (χ2n) is 6.13. The molecule has 0 radical (unpaired) electrons. The van der Waals surface area contributed by atoms with Crippen LogP contribution in [0.1, 0.15) is 18.4 Å². The van der Waals surface area contributed by atoms with E-state index >= 15 is 0 Å². The van der Waals surface area contributed by atoms with Gasteiger partial charge in [0.1, 0.15) is 12.4 Å². The lowest BCUT2D eigenvalue weighted by Gasteiger charge is -2.35. The number of nitrogens with zero attached hydrogens (tertiary/aromatic N) is 3. The van der Waals surface area contributed by atoms with Crippen LogP contribution in [0.4, 0.5) is 10.5 Å². The van der Waals surface area contributed by atoms with Gasteiger partial charge in [0.25, 0.3) is 0 Å². The number of nitrogens with one attached hydrogen (secondary N) is 1. The van der Waals surface area contributed by atoms with Gasteiger partial charge in [-0.1, -0.05) is 11.6 Å². The zero-order valence-electron chi connectivity index (χ0n) is 12.6. The number of urea groups is 1. The fourth-order valence-corrected chi connectivity index (χ4v) is 3.13. The van der Waals surface area contributed by atoms with E-state index < -0.39 is 0 Å². The first-order valence-electron chi connectivity index (χ1n) is 7.83. The molecule has 1 aromatic rings. The third kappa shape index (κ3) is 2.67. The van der Waals surface area contributed by atoms with E-state index in [4.69, 9.17) is 11.6 Å². The Kier molecular flexibility index (Phi) is 3.49. The predicted molar refractivity (Wildman–Crippen MR) is 88.0 cm³/mol. The van der Waals surface area contributed by atoms with Crippen LogP contribution >= 0.6 is 11.6 Å². The number of aliphatic imine (C=N–C) groups is 1. The van der Waals surface area contributed by atoms with Crippen molar-refractivity contribution in [3.8, 4) is 0 Å². The lowest BCUT2D eigenvalue weighted by molar-refractivity contribution is -0.119. The highest BCUT2D eigenvalue weighted by Crippen LogP contribution is 2.33. The van der Waals surface area contributed by atoms with Crippen molar-refractivity contribution < 1.29 is 9.59 Å². The van der Waals surface area contributed by atoms with Gasteiger partial charge in [-0.2, -0.15) is 0 Å². The topological polar surface area (TPSA) is 65.0 Å². The lowest BCUT2D eigenvalue weighted by Crippen LogP contribution is -2.52. The van der Waals surface area contributed by atoms with Gasteiger partial charge in [0.2, 0.25) is 5.91 Å². The van der Waals surface area contributed by atoms with Crippen LogP contribution in [0.5, 0.6) is 0 Å². The predicted octanol–water partition coefficient (Wildman–Crippen LogP) is 1.87. The molecule has 120 valence electrons. The number of halogens is 1. The molecule has 0 bridgehead atoms. The average Bonchev–Trinajstić information content (AvgIpc) is 3.24. The van der Waals surface area contributed by atoms with E-state index in [2.05, 4.69) is 10.3 Å². The van der Waals surface area contributed by atoms with Gasteiger partial charge in [0.05, 0.1) is 12.2 Å². The fourth-order valence-electron chi connectivity index (χ4n) is 2.96. The van der Waals surface area contributed by atoms with E-state index in [1.807, 2.05) is 6.07 Å². The number of carbonyl (C=O) groups excluding carboxylic acids is 2. The van der Waals surface area contributed by atoms with E-state index in [-0.39, 0.29) is 18.5 Å². The molecule has 3 amide bonds. The maximum Gasteiger partial charge on any atom is 0.330 e. The SMILES string of the molecule is O=C(CN1C(=O)N2CCN=C2c2ccc(Cl)cc21)NCC1CC1. The van der Waals surface area contributed by atoms with Crippen LogP contribution in [0.15, 0.2) is 23.2 Å². The summed E-state index contributed by atoms with van der Waals surface area (Å²) in [5, 5.41) is 3.44. The second kappa shape index (κ2) is 5.53. The quantitative estimate of drug-likeness (QED) is 0.914. The Morgan fingerprint density at radius 1 is 1.39 bits per heavy atom. The molecule has 1 fully saturated rings. The van der Waals surface area contributed by atoms with Crippen molar-refractivity contribution in [1.29, 1.82) is 0 Å². The van der Waals surface area contributed by atoms with E-state index in [9.17, 15) is 9.59 Å². The first-order chi connectivity index (χ1) is 11.1. The standard InChI is InChI=1S/C16H17ClN4O2/c17-11-3-4-12-13(7-11)21(9-14(22)19-8-10-1-2-10)16(23)20-6-5-18-15(12)20/h3-4,7,10H,1-2,5-6,8-9H2,(H,19,22). The fraction of sp³-hybridized carbons (Fsp3) is 0.438. The average molecular weight is 333 g/mol. The van der Waals surface area contributed by atoms with Gasteiger partial charge in [-0.15, -0.1) is 0 Å². The number of amidine groups is 1. The molecule has 0 atom stereocenters. The molecule has 23 heavy (non-hydrogen) atoms. The van der Waals surface area contributed by atoms with E-state index in [0.29, 0.717) is 42.1 Å². The Morgan fingerprint density at radius 3 is 3.00 bits per heavy atom. The Balaban J connectivity index is 1.61. The number of rotatable bonds is 4. The van der Waals surface area contributed by atoms with Gasteiger partial charge >= 0.3 is 6.03 Å². The third-order valence-electron chi connectivity index (χ3n) is 4.38. The summed E-state index contributed by atoms with van der Waals surface area (Å²) in [5.41, 5.74) is 1.50. The number of fused-ring (bicyclic) bond motifs is 3. The monoisotopic (exact) mass is 332 g/mol. The van der Waals surface area contributed by atoms with Crippen LogP contribution in [0.2, 0.25) is 5.02 Å². The van der Waals surface area contributed by atoms with Crippen LogP contribution < -0.4 is 10.2 Å². The summed E-state index contributed by atoms with van der Waals surface area (Å²) in [6, 6.07) is 5.15. The van der Waals surface area contributed by atoms with E-state index in [0.717, 1.165) is 5.56 Å². The van der Waals surface area contributed by atoms with Gasteiger partial charge in [-0.25, -0.2) is 4.79 Å². The van der Waals surface area contributed by atoms with Crippen molar-refractivity contribution in [3.05, 3.63) is 28.8 Å². The molecule has 0 saturated heterocycles. The number of benzene rings is 1. The summed E-state index contributed by atoms with van der Waals surface area (Å²) in [6.45, 7) is 1.84. The summed E-state index contributed by atoms with van der Waals surface area (Å²) in [5.74, 6) is 1.14. The Bertz CT molecular complexity index is 714. The first-order valence-corrected chi connectivity index (χ1v) is 8.21. The largest absolute Gasteiger partial charge is 0.354 e. The van der Waals surface area contributed by atoms with Crippen LogP contribution in [-0.2, 0) is 4.79 Å². The van der Waals surface area contributed by atoms with Crippen LogP contribution in [-0.4, -0.2) is 48.9 Å². The third-order valence-corrected chi connectivity index (χ3v) is 4.62.